The zero-order valence-corrected chi connectivity index (χ0v) is 11.8. The average Bonchev–Trinajstić information content (AvgIpc) is 2.46. The summed E-state index contributed by atoms with van der Waals surface area (Å²) in [7, 11) is 0. The summed E-state index contributed by atoms with van der Waals surface area (Å²) in [5, 5.41) is 9.48. The second-order valence-electron chi connectivity index (χ2n) is 4.76. The van der Waals surface area contributed by atoms with E-state index in [4.69, 9.17) is 0 Å². The maximum Gasteiger partial charge on any atom is 0.146 e. The summed E-state index contributed by atoms with van der Waals surface area (Å²) < 4.78 is 14.2. The largest absolute Gasteiger partial charge is 0.389 e. The van der Waals surface area contributed by atoms with Crippen molar-refractivity contribution >= 4 is 5.69 Å². The Kier molecular flexibility index (Phi) is 4.69. The van der Waals surface area contributed by atoms with Crippen LogP contribution in [0.1, 0.15) is 31.1 Å². The highest BCUT2D eigenvalue weighted by molar-refractivity contribution is 5.49. The third-order valence-corrected chi connectivity index (χ3v) is 3.30. The van der Waals surface area contributed by atoms with E-state index in [2.05, 4.69) is 4.98 Å². The molecule has 0 amide bonds. The van der Waals surface area contributed by atoms with Gasteiger partial charge in [-0.3, -0.25) is 4.98 Å². The number of rotatable bonds is 5. The summed E-state index contributed by atoms with van der Waals surface area (Å²) >= 11 is 0. The number of aliphatic hydroxyl groups is 1. The SMILES string of the molecule is CCN(Cc1ccncc1)c1ccc(C(C)O)cc1F. The number of aromatic nitrogens is 1. The lowest BCUT2D eigenvalue weighted by molar-refractivity contribution is 0.199. The molecule has 0 saturated carbocycles. The van der Waals surface area contributed by atoms with Crippen LogP contribution in [0, 0.1) is 5.82 Å². The number of anilines is 1. The molecule has 2 rings (SSSR count). The van der Waals surface area contributed by atoms with Crippen LogP contribution in [0.15, 0.2) is 42.7 Å². The molecule has 1 aromatic heterocycles. The fourth-order valence-electron chi connectivity index (χ4n) is 2.12. The van der Waals surface area contributed by atoms with E-state index in [1.165, 1.54) is 6.07 Å². The Balaban J connectivity index is 2.23. The van der Waals surface area contributed by atoms with Gasteiger partial charge in [0.25, 0.3) is 0 Å². The molecule has 0 aliphatic rings. The van der Waals surface area contributed by atoms with Gasteiger partial charge >= 0.3 is 0 Å². The minimum Gasteiger partial charge on any atom is -0.389 e. The van der Waals surface area contributed by atoms with Crippen molar-refractivity contribution in [3.63, 3.8) is 0 Å². The first-order valence-corrected chi connectivity index (χ1v) is 6.73. The highest BCUT2D eigenvalue weighted by atomic mass is 19.1. The third-order valence-electron chi connectivity index (χ3n) is 3.30. The van der Waals surface area contributed by atoms with Crippen LogP contribution in [-0.4, -0.2) is 16.6 Å². The second kappa shape index (κ2) is 6.48. The molecule has 1 aromatic carbocycles. The first-order valence-electron chi connectivity index (χ1n) is 6.73. The smallest absolute Gasteiger partial charge is 0.146 e. The molecule has 0 fully saturated rings. The van der Waals surface area contributed by atoms with E-state index < -0.39 is 6.10 Å². The van der Waals surface area contributed by atoms with Gasteiger partial charge < -0.3 is 10.0 Å². The molecular weight excluding hydrogens is 255 g/mol. The standard InChI is InChI=1S/C16H19FN2O/c1-3-19(11-13-6-8-18-9-7-13)16-5-4-14(12(2)20)10-15(16)17/h4-10,12,20H,3,11H2,1-2H3. The third kappa shape index (κ3) is 3.33. The van der Waals surface area contributed by atoms with Crippen molar-refractivity contribution in [3.8, 4) is 0 Å². The topological polar surface area (TPSA) is 36.4 Å². The number of hydrogen-bond acceptors (Lipinski definition) is 3. The Morgan fingerprint density at radius 2 is 1.95 bits per heavy atom. The summed E-state index contributed by atoms with van der Waals surface area (Å²) in [5.74, 6) is -0.306. The van der Waals surface area contributed by atoms with Crippen molar-refractivity contribution in [1.29, 1.82) is 0 Å². The monoisotopic (exact) mass is 274 g/mol. The highest BCUT2D eigenvalue weighted by Crippen LogP contribution is 2.24. The molecule has 1 heterocycles. The van der Waals surface area contributed by atoms with Crippen molar-refractivity contribution < 1.29 is 9.50 Å². The highest BCUT2D eigenvalue weighted by Gasteiger charge is 2.12. The maximum absolute atomic E-state index is 14.2. The Morgan fingerprint density at radius 3 is 2.50 bits per heavy atom. The van der Waals surface area contributed by atoms with Gasteiger partial charge in [-0.2, -0.15) is 0 Å². The minimum absolute atomic E-state index is 0.306. The number of pyridine rings is 1. The maximum atomic E-state index is 14.2. The van der Waals surface area contributed by atoms with E-state index in [9.17, 15) is 9.50 Å². The van der Waals surface area contributed by atoms with Crippen molar-refractivity contribution in [3.05, 3.63) is 59.7 Å². The van der Waals surface area contributed by atoms with E-state index in [0.717, 1.165) is 5.56 Å². The Hall–Kier alpha value is -1.94. The lowest BCUT2D eigenvalue weighted by Crippen LogP contribution is -2.23. The van der Waals surface area contributed by atoms with Crippen LogP contribution < -0.4 is 4.90 Å². The predicted molar refractivity (Wildman–Crippen MR) is 78.0 cm³/mol. The summed E-state index contributed by atoms with van der Waals surface area (Å²) in [6.45, 7) is 4.95. The second-order valence-corrected chi connectivity index (χ2v) is 4.76. The van der Waals surface area contributed by atoms with E-state index in [1.807, 2.05) is 24.0 Å². The number of hydrogen-bond donors (Lipinski definition) is 1. The summed E-state index contributed by atoms with van der Waals surface area (Å²) in [6, 6.07) is 8.73. The van der Waals surface area contributed by atoms with Crippen molar-refractivity contribution in [2.24, 2.45) is 0 Å². The van der Waals surface area contributed by atoms with Crippen LogP contribution in [0.2, 0.25) is 0 Å². The van der Waals surface area contributed by atoms with Gasteiger partial charge in [-0.15, -0.1) is 0 Å². The van der Waals surface area contributed by atoms with Crippen LogP contribution in [-0.2, 0) is 6.54 Å². The van der Waals surface area contributed by atoms with Crippen molar-refractivity contribution in [1.82, 2.24) is 4.98 Å². The Morgan fingerprint density at radius 1 is 1.25 bits per heavy atom. The zero-order chi connectivity index (χ0) is 14.5. The molecule has 2 aromatic rings. The quantitative estimate of drug-likeness (QED) is 0.908. The molecule has 1 N–H and O–H groups in total. The van der Waals surface area contributed by atoms with Gasteiger partial charge in [0.15, 0.2) is 0 Å². The van der Waals surface area contributed by atoms with Gasteiger partial charge in [-0.25, -0.2) is 4.39 Å². The molecule has 0 saturated heterocycles. The zero-order valence-electron chi connectivity index (χ0n) is 11.8. The van der Waals surface area contributed by atoms with Crippen LogP contribution >= 0.6 is 0 Å². The molecule has 0 aliphatic heterocycles. The summed E-state index contributed by atoms with van der Waals surface area (Å²) in [6.07, 6.45) is 2.81. The van der Waals surface area contributed by atoms with Gasteiger partial charge in [0.2, 0.25) is 0 Å². The first-order chi connectivity index (χ1) is 9.61. The van der Waals surface area contributed by atoms with Crippen LogP contribution in [0.3, 0.4) is 0 Å². The lowest BCUT2D eigenvalue weighted by atomic mass is 10.1. The molecule has 3 nitrogen and oxygen atoms in total. The van der Waals surface area contributed by atoms with Gasteiger partial charge in [0.1, 0.15) is 5.82 Å². The number of halogens is 1. The van der Waals surface area contributed by atoms with Gasteiger partial charge in [-0.1, -0.05) is 6.07 Å². The van der Waals surface area contributed by atoms with Crippen molar-refractivity contribution in [2.45, 2.75) is 26.5 Å². The van der Waals surface area contributed by atoms with E-state index in [0.29, 0.717) is 24.3 Å². The number of aliphatic hydroxyl groups excluding tert-OH is 1. The van der Waals surface area contributed by atoms with Crippen LogP contribution in [0.5, 0.6) is 0 Å². The van der Waals surface area contributed by atoms with Gasteiger partial charge in [0.05, 0.1) is 11.8 Å². The van der Waals surface area contributed by atoms with Crippen molar-refractivity contribution in [2.75, 3.05) is 11.4 Å². The van der Waals surface area contributed by atoms with E-state index >= 15 is 0 Å². The Bertz CT molecular complexity index is 558. The Labute approximate surface area is 118 Å². The molecule has 1 atom stereocenters. The summed E-state index contributed by atoms with van der Waals surface area (Å²) in [5.41, 5.74) is 2.22. The normalized spacial score (nSPS) is 12.2. The lowest BCUT2D eigenvalue weighted by Gasteiger charge is -2.24. The molecule has 0 aliphatic carbocycles. The van der Waals surface area contributed by atoms with Crippen LogP contribution in [0.25, 0.3) is 0 Å². The molecular formula is C16H19FN2O. The predicted octanol–water partition coefficient (Wildman–Crippen LogP) is 3.30. The number of nitrogens with zero attached hydrogens (tertiary/aromatic N) is 2. The minimum atomic E-state index is -0.658. The molecule has 0 spiro atoms. The molecule has 20 heavy (non-hydrogen) atoms. The average molecular weight is 274 g/mol. The fraction of sp³-hybridized carbons (Fsp3) is 0.312. The first kappa shape index (κ1) is 14.5. The number of benzene rings is 1. The molecule has 4 heteroatoms. The molecule has 0 radical (unpaired) electrons. The van der Waals surface area contributed by atoms with Gasteiger partial charge in [-0.05, 0) is 49.2 Å². The molecule has 1 unspecified atom stereocenters. The summed E-state index contributed by atoms with van der Waals surface area (Å²) in [4.78, 5) is 5.93. The fourth-order valence-corrected chi connectivity index (χ4v) is 2.12. The van der Waals surface area contributed by atoms with Gasteiger partial charge in [0, 0.05) is 25.5 Å². The molecule has 0 bridgehead atoms. The van der Waals surface area contributed by atoms with E-state index in [1.54, 1.807) is 31.5 Å². The molecule has 106 valence electrons. The van der Waals surface area contributed by atoms with E-state index in [-0.39, 0.29) is 5.82 Å². The van der Waals surface area contributed by atoms with Crippen LogP contribution in [0.4, 0.5) is 10.1 Å².